The topological polar surface area (TPSA) is 75.3 Å². The van der Waals surface area contributed by atoms with E-state index in [-0.39, 0.29) is 10.6 Å². The standard InChI is InChI=1S/C20H20F2N2O3S2/c1-3-4-5-6-19(25)23-16-8-7-14(2)18(13-16)29(26,27)24-15-9-11-17(12-10-15)28-20(21)22/h3-13,20,24H,1-2H3,(H,23,25)/b4-3+,6-5+. The number of halogens is 2. The molecule has 0 unspecified atom stereocenters. The van der Waals surface area contributed by atoms with Gasteiger partial charge in [-0.3, -0.25) is 9.52 Å². The third kappa shape index (κ3) is 7.03. The van der Waals surface area contributed by atoms with Gasteiger partial charge in [-0.05, 0) is 55.8 Å². The molecule has 154 valence electrons. The molecule has 0 aliphatic heterocycles. The van der Waals surface area contributed by atoms with Gasteiger partial charge in [-0.15, -0.1) is 0 Å². The molecular formula is C20H20F2N2O3S2. The number of carbonyl (C=O) groups is 1. The van der Waals surface area contributed by atoms with Crippen molar-refractivity contribution >= 4 is 39.1 Å². The Balaban J connectivity index is 2.20. The first-order valence-corrected chi connectivity index (χ1v) is 10.9. The Bertz CT molecular complexity index is 1020. The second kappa shape index (κ2) is 10.2. The maximum atomic E-state index is 12.8. The van der Waals surface area contributed by atoms with Crippen LogP contribution >= 0.6 is 11.8 Å². The molecular weight excluding hydrogens is 418 g/mol. The van der Waals surface area contributed by atoms with Crippen molar-refractivity contribution in [2.24, 2.45) is 0 Å². The molecule has 2 rings (SSSR count). The average Bonchev–Trinajstić information content (AvgIpc) is 2.64. The van der Waals surface area contributed by atoms with Gasteiger partial charge in [0.25, 0.3) is 15.8 Å². The Kier molecular flexibility index (Phi) is 7.98. The average molecular weight is 439 g/mol. The lowest BCUT2D eigenvalue weighted by atomic mass is 10.2. The van der Waals surface area contributed by atoms with Crippen molar-refractivity contribution in [1.29, 1.82) is 0 Å². The van der Waals surface area contributed by atoms with Gasteiger partial charge in [0, 0.05) is 22.3 Å². The highest BCUT2D eigenvalue weighted by atomic mass is 32.2. The number of benzene rings is 2. The van der Waals surface area contributed by atoms with Crippen LogP contribution in [0.1, 0.15) is 12.5 Å². The quantitative estimate of drug-likeness (QED) is 0.338. The predicted molar refractivity (Wildman–Crippen MR) is 113 cm³/mol. The number of rotatable bonds is 8. The molecule has 2 N–H and O–H groups in total. The summed E-state index contributed by atoms with van der Waals surface area (Å²) in [5.41, 5.74) is 1.06. The van der Waals surface area contributed by atoms with E-state index in [0.717, 1.165) is 0 Å². The summed E-state index contributed by atoms with van der Waals surface area (Å²) in [6, 6.07) is 10.2. The fourth-order valence-corrected chi connectivity index (χ4v) is 4.15. The highest BCUT2D eigenvalue weighted by Gasteiger charge is 2.18. The number of anilines is 2. The van der Waals surface area contributed by atoms with Crippen LogP contribution in [0.25, 0.3) is 0 Å². The Hall–Kier alpha value is -2.65. The van der Waals surface area contributed by atoms with Crippen LogP contribution in [-0.2, 0) is 14.8 Å². The molecule has 5 nitrogen and oxygen atoms in total. The lowest BCUT2D eigenvalue weighted by Gasteiger charge is -2.12. The lowest BCUT2D eigenvalue weighted by Crippen LogP contribution is -2.15. The first-order chi connectivity index (χ1) is 13.7. The summed E-state index contributed by atoms with van der Waals surface area (Å²) < 4.78 is 52.7. The van der Waals surface area contributed by atoms with E-state index in [1.165, 1.54) is 36.4 Å². The van der Waals surface area contributed by atoms with Gasteiger partial charge in [0.05, 0.1) is 4.90 Å². The Morgan fingerprint density at radius 3 is 2.34 bits per heavy atom. The summed E-state index contributed by atoms with van der Waals surface area (Å²) in [6.45, 7) is 3.45. The Morgan fingerprint density at radius 2 is 1.72 bits per heavy atom. The molecule has 0 aliphatic carbocycles. The predicted octanol–water partition coefficient (Wildman–Crippen LogP) is 5.18. The van der Waals surface area contributed by atoms with E-state index in [1.807, 2.05) is 6.92 Å². The van der Waals surface area contributed by atoms with E-state index in [2.05, 4.69) is 10.0 Å². The number of alkyl halides is 2. The zero-order chi connectivity index (χ0) is 21.4. The number of hydrogen-bond acceptors (Lipinski definition) is 4. The van der Waals surface area contributed by atoms with Gasteiger partial charge in [0.1, 0.15) is 0 Å². The molecule has 0 aliphatic rings. The second-order valence-corrected chi connectivity index (χ2v) is 8.58. The van der Waals surface area contributed by atoms with Gasteiger partial charge in [0.2, 0.25) is 5.91 Å². The molecule has 0 fully saturated rings. The maximum Gasteiger partial charge on any atom is 0.288 e. The number of thioether (sulfide) groups is 1. The normalized spacial score (nSPS) is 12.0. The third-order valence-electron chi connectivity index (χ3n) is 3.63. The monoisotopic (exact) mass is 438 g/mol. The summed E-state index contributed by atoms with van der Waals surface area (Å²) in [5.74, 6) is -2.94. The van der Waals surface area contributed by atoms with Crippen molar-refractivity contribution in [3.05, 3.63) is 72.3 Å². The number of allylic oxidation sites excluding steroid dienone is 3. The zero-order valence-corrected chi connectivity index (χ0v) is 17.4. The Morgan fingerprint density at radius 1 is 1.07 bits per heavy atom. The molecule has 9 heteroatoms. The number of aryl methyl sites for hydroxylation is 1. The minimum Gasteiger partial charge on any atom is -0.322 e. The summed E-state index contributed by atoms with van der Waals surface area (Å²) in [7, 11) is -3.94. The Labute approximate surface area is 173 Å². The number of hydrogen-bond donors (Lipinski definition) is 2. The molecule has 2 aromatic carbocycles. The molecule has 0 spiro atoms. The molecule has 29 heavy (non-hydrogen) atoms. The smallest absolute Gasteiger partial charge is 0.288 e. The largest absolute Gasteiger partial charge is 0.322 e. The maximum absolute atomic E-state index is 12.8. The SMILES string of the molecule is C/C=C/C=C/C(=O)Nc1ccc(C)c(S(=O)(=O)Nc2ccc(SC(F)F)cc2)c1. The van der Waals surface area contributed by atoms with Crippen molar-refractivity contribution in [2.45, 2.75) is 29.4 Å². The minimum absolute atomic E-state index is 0.00114. The van der Waals surface area contributed by atoms with Gasteiger partial charge in [-0.25, -0.2) is 8.42 Å². The third-order valence-corrected chi connectivity index (χ3v) is 5.87. The van der Waals surface area contributed by atoms with Gasteiger partial charge in [-0.1, -0.05) is 36.1 Å². The minimum atomic E-state index is -3.94. The van der Waals surface area contributed by atoms with E-state index < -0.39 is 21.7 Å². The zero-order valence-electron chi connectivity index (χ0n) is 15.7. The van der Waals surface area contributed by atoms with Crippen LogP contribution in [0.4, 0.5) is 20.2 Å². The fourth-order valence-electron chi connectivity index (χ4n) is 2.32. The highest BCUT2D eigenvalue weighted by molar-refractivity contribution is 7.99. The molecule has 0 saturated carbocycles. The van der Waals surface area contributed by atoms with Crippen molar-refractivity contribution in [3.8, 4) is 0 Å². The summed E-state index contributed by atoms with van der Waals surface area (Å²) in [5, 5.41) is 2.60. The number of sulfonamides is 1. The molecule has 0 aromatic heterocycles. The molecule has 0 saturated heterocycles. The van der Waals surface area contributed by atoms with Crippen molar-refractivity contribution in [1.82, 2.24) is 0 Å². The molecule has 0 atom stereocenters. The van der Waals surface area contributed by atoms with Gasteiger partial charge >= 0.3 is 0 Å². The van der Waals surface area contributed by atoms with Crippen molar-refractivity contribution < 1.29 is 22.0 Å². The molecule has 1 amide bonds. The van der Waals surface area contributed by atoms with E-state index >= 15 is 0 Å². The van der Waals surface area contributed by atoms with Gasteiger partial charge in [-0.2, -0.15) is 8.78 Å². The number of amides is 1. The number of nitrogens with one attached hydrogen (secondary N) is 2. The van der Waals surface area contributed by atoms with Crippen molar-refractivity contribution in [2.75, 3.05) is 10.0 Å². The van der Waals surface area contributed by atoms with E-state index in [0.29, 0.717) is 27.9 Å². The van der Waals surface area contributed by atoms with Crippen LogP contribution in [-0.4, -0.2) is 20.1 Å². The summed E-state index contributed by atoms with van der Waals surface area (Å²) >= 11 is 0.378. The van der Waals surface area contributed by atoms with Crippen LogP contribution in [0.15, 0.2) is 76.6 Å². The molecule has 2 aromatic rings. The van der Waals surface area contributed by atoms with E-state index in [4.69, 9.17) is 0 Å². The molecule has 0 bridgehead atoms. The van der Waals surface area contributed by atoms with Crippen LogP contribution in [0.5, 0.6) is 0 Å². The second-order valence-electron chi connectivity index (χ2n) is 5.86. The molecule has 0 radical (unpaired) electrons. The van der Waals surface area contributed by atoms with E-state index in [1.54, 1.807) is 37.3 Å². The summed E-state index contributed by atoms with van der Waals surface area (Å²) in [4.78, 5) is 12.2. The van der Waals surface area contributed by atoms with Gasteiger partial charge < -0.3 is 5.32 Å². The summed E-state index contributed by atoms with van der Waals surface area (Å²) in [6.07, 6.45) is 6.36. The van der Waals surface area contributed by atoms with Crippen LogP contribution in [0.2, 0.25) is 0 Å². The van der Waals surface area contributed by atoms with Crippen LogP contribution in [0.3, 0.4) is 0 Å². The van der Waals surface area contributed by atoms with Crippen LogP contribution in [0, 0.1) is 6.92 Å². The first-order valence-electron chi connectivity index (χ1n) is 8.50. The molecule has 0 heterocycles. The number of carbonyl (C=O) groups excluding carboxylic acids is 1. The fraction of sp³-hybridized carbons (Fsp3) is 0.150. The van der Waals surface area contributed by atoms with Crippen molar-refractivity contribution in [3.63, 3.8) is 0 Å². The first kappa shape index (κ1) is 22.6. The van der Waals surface area contributed by atoms with E-state index in [9.17, 15) is 22.0 Å². The highest BCUT2D eigenvalue weighted by Crippen LogP contribution is 2.28. The van der Waals surface area contributed by atoms with Crippen LogP contribution < -0.4 is 10.0 Å². The van der Waals surface area contributed by atoms with Gasteiger partial charge in [0.15, 0.2) is 0 Å². The lowest BCUT2D eigenvalue weighted by molar-refractivity contribution is -0.111.